The van der Waals surface area contributed by atoms with Crippen LogP contribution < -0.4 is 10.2 Å². The Hall–Kier alpha value is -4.50. The fourth-order valence-corrected chi connectivity index (χ4v) is 5.86. The van der Waals surface area contributed by atoms with E-state index in [4.69, 9.17) is 4.74 Å². The number of rotatable bonds is 5. The standard InChI is InChI=1S/C33H32F2N4O3/c34-26-11-13-27(14-12-26)37-17-19-38(20-18-37)30-15-16-39(33(41)36-29-8-4-3-7-28(29)35)22-31(30)42-32(40)25-10-9-23-5-1-2-6-24(23)21-25/h1-14,21,30-31H,15-20,22H2,(H,36,41)/t30-,31-/m1/s1. The summed E-state index contributed by atoms with van der Waals surface area (Å²) >= 11 is 0. The number of amides is 2. The van der Waals surface area contributed by atoms with Crippen molar-refractivity contribution in [3.63, 3.8) is 0 Å². The van der Waals surface area contributed by atoms with Crippen LogP contribution in [-0.4, -0.2) is 73.2 Å². The van der Waals surface area contributed by atoms with E-state index < -0.39 is 23.9 Å². The lowest BCUT2D eigenvalue weighted by Crippen LogP contribution is -2.60. The fourth-order valence-electron chi connectivity index (χ4n) is 5.86. The maximum atomic E-state index is 14.2. The van der Waals surface area contributed by atoms with Crippen molar-refractivity contribution < 1.29 is 23.1 Å². The highest BCUT2D eigenvalue weighted by molar-refractivity contribution is 5.95. The van der Waals surface area contributed by atoms with Crippen LogP contribution in [0.4, 0.5) is 25.0 Å². The third kappa shape index (κ3) is 6.06. The van der Waals surface area contributed by atoms with Gasteiger partial charge in [0.2, 0.25) is 0 Å². The van der Waals surface area contributed by atoms with Gasteiger partial charge in [-0.1, -0.05) is 42.5 Å². The number of esters is 1. The lowest BCUT2D eigenvalue weighted by molar-refractivity contribution is -0.0302. The van der Waals surface area contributed by atoms with Crippen LogP contribution >= 0.6 is 0 Å². The number of fused-ring (bicyclic) bond motifs is 1. The van der Waals surface area contributed by atoms with Crippen LogP contribution in [0.2, 0.25) is 0 Å². The van der Waals surface area contributed by atoms with Gasteiger partial charge in [-0.3, -0.25) is 4.90 Å². The summed E-state index contributed by atoms with van der Waals surface area (Å²) in [6.45, 7) is 3.56. The smallest absolute Gasteiger partial charge is 0.338 e. The number of nitrogens with zero attached hydrogens (tertiary/aromatic N) is 3. The first kappa shape index (κ1) is 27.7. The summed E-state index contributed by atoms with van der Waals surface area (Å²) in [7, 11) is 0. The number of anilines is 2. The molecule has 2 atom stereocenters. The Morgan fingerprint density at radius 3 is 2.26 bits per heavy atom. The van der Waals surface area contributed by atoms with Gasteiger partial charge in [0.25, 0.3) is 0 Å². The van der Waals surface area contributed by atoms with Crippen LogP contribution in [0, 0.1) is 11.6 Å². The molecule has 42 heavy (non-hydrogen) atoms. The third-order valence-electron chi connectivity index (χ3n) is 8.15. The topological polar surface area (TPSA) is 65.1 Å². The molecule has 0 saturated carbocycles. The number of carbonyl (C=O) groups is 2. The molecule has 0 aromatic heterocycles. The predicted molar refractivity (Wildman–Crippen MR) is 159 cm³/mol. The summed E-state index contributed by atoms with van der Waals surface area (Å²) in [5, 5.41) is 4.62. The average molecular weight is 571 g/mol. The molecule has 2 fully saturated rings. The number of para-hydroxylation sites is 1. The van der Waals surface area contributed by atoms with E-state index in [-0.39, 0.29) is 24.1 Å². The quantitative estimate of drug-likeness (QED) is 0.309. The molecule has 6 rings (SSSR count). The highest BCUT2D eigenvalue weighted by atomic mass is 19.1. The first-order chi connectivity index (χ1) is 20.4. The molecule has 4 aromatic rings. The number of carbonyl (C=O) groups excluding carboxylic acids is 2. The number of piperazine rings is 1. The van der Waals surface area contributed by atoms with Crippen molar-refractivity contribution in [2.75, 3.05) is 49.5 Å². The van der Waals surface area contributed by atoms with Gasteiger partial charge in [0, 0.05) is 38.4 Å². The van der Waals surface area contributed by atoms with E-state index in [2.05, 4.69) is 15.1 Å². The Balaban J connectivity index is 1.18. The molecule has 2 saturated heterocycles. The Labute approximate surface area is 243 Å². The van der Waals surface area contributed by atoms with Crippen molar-refractivity contribution in [1.29, 1.82) is 0 Å². The van der Waals surface area contributed by atoms with E-state index in [1.54, 1.807) is 35.2 Å². The number of hydrogen-bond donors (Lipinski definition) is 1. The summed E-state index contributed by atoms with van der Waals surface area (Å²) in [6, 6.07) is 25.3. The van der Waals surface area contributed by atoms with Crippen molar-refractivity contribution in [3.05, 3.63) is 108 Å². The molecule has 7 nitrogen and oxygen atoms in total. The fraction of sp³-hybridized carbons (Fsp3) is 0.273. The third-order valence-corrected chi connectivity index (χ3v) is 8.15. The van der Waals surface area contributed by atoms with Crippen molar-refractivity contribution in [2.45, 2.75) is 18.6 Å². The number of urea groups is 1. The summed E-state index contributed by atoms with van der Waals surface area (Å²) in [5.74, 6) is -1.23. The van der Waals surface area contributed by atoms with Crippen LogP contribution in [-0.2, 0) is 4.74 Å². The Morgan fingerprint density at radius 1 is 0.786 bits per heavy atom. The molecular formula is C33H32F2N4O3. The number of halogens is 2. The molecule has 2 amide bonds. The number of benzene rings is 4. The van der Waals surface area contributed by atoms with Gasteiger partial charge in [-0.05, 0) is 65.7 Å². The molecule has 0 aliphatic carbocycles. The Kier molecular flexibility index (Phi) is 8.01. The zero-order valence-corrected chi connectivity index (χ0v) is 23.1. The second-order valence-electron chi connectivity index (χ2n) is 10.7. The predicted octanol–water partition coefficient (Wildman–Crippen LogP) is 5.77. The SMILES string of the molecule is O=C(O[C@@H]1CN(C(=O)Nc2ccccc2F)CC[C@H]1N1CCN(c2ccc(F)cc2)CC1)c1ccc2ccccc2c1. The van der Waals surface area contributed by atoms with Crippen LogP contribution in [0.1, 0.15) is 16.8 Å². The van der Waals surface area contributed by atoms with E-state index in [1.165, 1.54) is 24.3 Å². The van der Waals surface area contributed by atoms with Crippen molar-refractivity contribution in [1.82, 2.24) is 9.80 Å². The van der Waals surface area contributed by atoms with Gasteiger partial charge in [0.15, 0.2) is 0 Å². The highest BCUT2D eigenvalue weighted by Crippen LogP contribution is 2.26. The van der Waals surface area contributed by atoms with Gasteiger partial charge in [-0.25, -0.2) is 18.4 Å². The Morgan fingerprint density at radius 2 is 1.50 bits per heavy atom. The minimum absolute atomic E-state index is 0.0951. The minimum atomic E-state index is -0.582. The van der Waals surface area contributed by atoms with E-state index in [1.807, 2.05) is 36.4 Å². The second-order valence-corrected chi connectivity index (χ2v) is 10.7. The zero-order valence-electron chi connectivity index (χ0n) is 23.1. The van der Waals surface area contributed by atoms with Gasteiger partial charge in [-0.15, -0.1) is 0 Å². The van der Waals surface area contributed by atoms with Gasteiger partial charge in [0.1, 0.15) is 17.7 Å². The lowest BCUT2D eigenvalue weighted by Gasteiger charge is -2.46. The highest BCUT2D eigenvalue weighted by Gasteiger charge is 2.39. The molecule has 2 aliphatic rings. The van der Waals surface area contributed by atoms with Crippen molar-refractivity contribution in [2.24, 2.45) is 0 Å². The van der Waals surface area contributed by atoms with Crippen molar-refractivity contribution >= 4 is 34.1 Å². The van der Waals surface area contributed by atoms with E-state index >= 15 is 0 Å². The molecule has 2 aliphatic heterocycles. The number of ether oxygens (including phenoxy) is 1. The molecule has 4 aromatic carbocycles. The summed E-state index contributed by atoms with van der Waals surface area (Å²) in [5.41, 5.74) is 1.52. The maximum Gasteiger partial charge on any atom is 0.338 e. The van der Waals surface area contributed by atoms with Gasteiger partial charge < -0.3 is 19.9 Å². The van der Waals surface area contributed by atoms with Crippen LogP contribution in [0.3, 0.4) is 0 Å². The van der Waals surface area contributed by atoms with Crippen LogP contribution in [0.25, 0.3) is 10.8 Å². The molecule has 1 N–H and O–H groups in total. The number of hydrogen-bond acceptors (Lipinski definition) is 5. The minimum Gasteiger partial charge on any atom is -0.455 e. The number of likely N-dealkylation sites (tertiary alicyclic amines) is 1. The van der Waals surface area contributed by atoms with E-state index in [0.29, 0.717) is 18.5 Å². The largest absolute Gasteiger partial charge is 0.455 e. The normalized spacial score (nSPS) is 19.5. The van der Waals surface area contributed by atoms with Crippen LogP contribution in [0.15, 0.2) is 91.0 Å². The monoisotopic (exact) mass is 570 g/mol. The number of nitrogens with one attached hydrogen (secondary N) is 1. The summed E-state index contributed by atoms with van der Waals surface area (Å²) in [6.07, 6.45) is 0.0122. The van der Waals surface area contributed by atoms with Gasteiger partial charge in [-0.2, -0.15) is 0 Å². The molecule has 0 bridgehead atoms. The van der Waals surface area contributed by atoms with E-state index in [0.717, 1.165) is 42.6 Å². The molecule has 0 spiro atoms. The first-order valence-corrected chi connectivity index (χ1v) is 14.2. The zero-order chi connectivity index (χ0) is 29.1. The number of piperidine rings is 1. The van der Waals surface area contributed by atoms with Gasteiger partial charge in [0.05, 0.1) is 23.8 Å². The maximum absolute atomic E-state index is 14.2. The first-order valence-electron chi connectivity index (χ1n) is 14.2. The molecule has 9 heteroatoms. The van der Waals surface area contributed by atoms with Crippen molar-refractivity contribution in [3.8, 4) is 0 Å². The van der Waals surface area contributed by atoms with E-state index in [9.17, 15) is 18.4 Å². The average Bonchev–Trinajstić information content (AvgIpc) is 3.02. The Bertz CT molecular complexity index is 1570. The van der Waals surface area contributed by atoms with Gasteiger partial charge >= 0.3 is 12.0 Å². The molecular weight excluding hydrogens is 538 g/mol. The molecule has 2 heterocycles. The molecule has 0 radical (unpaired) electrons. The summed E-state index contributed by atoms with van der Waals surface area (Å²) < 4.78 is 33.8. The molecule has 216 valence electrons. The lowest BCUT2D eigenvalue weighted by atomic mass is 9.98. The second kappa shape index (κ2) is 12.2. The van der Waals surface area contributed by atoms with Crippen LogP contribution in [0.5, 0.6) is 0 Å². The summed E-state index contributed by atoms with van der Waals surface area (Å²) in [4.78, 5) is 32.6. The molecule has 0 unspecified atom stereocenters.